The van der Waals surface area contributed by atoms with Gasteiger partial charge in [-0.2, -0.15) is 0 Å². The third-order valence-electron chi connectivity index (χ3n) is 5.69. The smallest absolute Gasteiger partial charge is 0.337 e. The minimum atomic E-state index is -0.358. The van der Waals surface area contributed by atoms with Gasteiger partial charge in [0.15, 0.2) is 0 Å². The van der Waals surface area contributed by atoms with Crippen LogP contribution in [0, 0.1) is 0 Å². The number of carbonyl (C=O) groups excluding carboxylic acids is 1. The van der Waals surface area contributed by atoms with E-state index in [1.54, 1.807) is 12.1 Å². The van der Waals surface area contributed by atoms with Crippen molar-refractivity contribution in [2.24, 2.45) is 0 Å². The van der Waals surface area contributed by atoms with Crippen molar-refractivity contribution in [2.45, 2.75) is 39.3 Å². The number of ether oxygens (including phenoxy) is 1. The molecule has 2 heterocycles. The summed E-state index contributed by atoms with van der Waals surface area (Å²) in [5.41, 5.74) is 5.75. The fourth-order valence-electron chi connectivity index (χ4n) is 4.10. The Bertz CT molecular complexity index is 1240. The van der Waals surface area contributed by atoms with E-state index in [0.29, 0.717) is 5.56 Å². The van der Waals surface area contributed by atoms with Crippen LogP contribution in [0.4, 0.5) is 0 Å². The molecule has 0 saturated carbocycles. The van der Waals surface area contributed by atoms with Crippen molar-refractivity contribution < 1.29 is 9.53 Å². The quantitative estimate of drug-likeness (QED) is 0.375. The predicted octanol–water partition coefficient (Wildman–Crippen LogP) is 4.82. The number of rotatable bonds is 8. The van der Waals surface area contributed by atoms with Gasteiger partial charge < -0.3 is 14.2 Å². The molecule has 0 radical (unpaired) electrons. The van der Waals surface area contributed by atoms with E-state index in [9.17, 15) is 4.79 Å². The van der Waals surface area contributed by atoms with E-state index in [1.165, 1.54) is 18.2 Å². The molecule has 0 atom stereocenters. The molecule has 0 aliphatic rings. The Morgan fingerprint density at radius 3 is 2.50 bits per heavy atom. The fraction of sp³-hybridized carbons (Fsp3) is 0.346. The number of benzene rings is 2. The van der Waals surface area contributed by atoms with Gasteiger partial charge in [-0.1, -0.05) is 37.6 Å². The third kappa shape index (κ3) is 4.50. The summed E-state index contributed by atoms with van der Waals surface area (Å²) in [6.07, 6.45) is 4.93. The molecule has 0 spiro atoms. The van der Waals surface area contributed by atoms with Crippen molar-refractivity contribution >= 4 is 27.9 Å². The zero-order valence-electron chi connectivity index (χ0n) is 19.3. The van der Waals surface area contributed by atoms with E-state index in [0.717, 1.165) is 60.1 Å². The average Bonchev–Trinajstić information content (AvgIpc) is 3.15. The Hall–Kier alpha value is -3.25. The highest BCUT2D eigenvalue weighted by Gasteiger charge is 2.16. The van der Waals surface area contributed by atoms with E-state index in [4.69, 9.17) is 9.72 Å². The average molecular weight is 431 g/mol. The molecule has 0 saturated heterocycles. The highest BCUT2D eigenvalue weighted by Crippen LogP contribution is 2.27. The normalized spacial score (nSPS) is 11.5. The van der Waals surface area contributed by atoms with Crippen LogP contribution in [0.25, 0.3) is 21.9 Å². The molecule has 2 aromatic carbocycles. The van der Waals surface area contributed by atoms with Gasteiger partial charge in [0.1, 0.15) is 11.3 Å². The second-order valence-electron chi connectivity index (χ2n) is 8.49. The van der Waals surface area contributed by atoms with E-state index < -0.39 is 0 Å². The van der Waals surface area contributed by atoms with Gasteiger partial charge in [-0.25, -0.2) is 9.78 Å². The molecule has 0 unspecified atom stereocenters. The number of carbonyl (C=O) groups is 1. The topological polar surface area (TPSA) is 60.2 Å². The monoisotopic (exact) mass is 430 g/mol. The minimum Gasteiger partial charge on any atom is -0.465 e. The number of nitrogens with zero attached hydrogens (tertiary/aromatic N) is 4. The second-order valence-corrected chi connectivity index (χ2v) is 8.49. The standard InChI is InChI=1S/C26H30N4O2/c1-5-6-7-24-28-23-15-27-22-14-20(26(31)32-4)12-13-21(22)25(23)30(24)17-19-10-8-18(9-11-19)16-29(2)3/h8-15H,5-7,16-17H2,1-4H3. The summed E-state index contributed by atoms with van der Waals surface area (Å²) in [6.45, 7) is 3.87. The molecule has 0 aliphatic heterocycles. The van der Waals surface area contributed by atoms with Crippen LogP contribution in [0.3, 0.4) is 0 Å². The third-order valence-corrected chi connectivity index (χ3v) is 5.69. The SMILES string of the molecule is CCCCc1nc2cnc3cc(C(=O)OC)ccc3c2n1Cc1ccc(CN(C)C)cc1. The number of fused-ring (bicyclic) bond motifs is 3. The van der Waals surface area contributed by atoms with Crippen LogP contribution in [-0.2, 0) is 24.2 Å². The molecule has 0 N–H and O–H groups in total. The molecule has 4 rings (SSSR count). The Balaban J connectivity index is 1.80. The second kappa shape index (κ2) is 9.49. The number of aryl methyl sites for hydroxylation is 1. The van der Waals surface area contributed by atoms with Gasteiger partial charge >= 0.3 is 5.97 Å². The van der Waals surface area contributed by atoms with Crippen molar-refractivity contribution in [2.75, 3.05) is 21.2 Å². The largest absolute Gasteiger partial charge is 0.465 e. The molecule has 0 amide bonds. The lowest BCUT2D eigenvalue weighted by Crippen LogP contribution is -2.10. The fourth-order valence-corrected chi connectivity index (χ4v) is 4.10. The first-order valence-corrected chi connectivity index (χ1v) is 11.1. The van der Waals surface area contributed by atoms with E-state index >= 15 is 0 Å². The number of pyridine rings is 1. The van der Waals surface area contributed by atoms with Crippen LogP contribution in [-0.4, -0.2) is 46.6 Å². The van der Waals surface area contributed by atoms with Gasteiger partial charge in [-0.05, 0) is 49.8 Å². The van der Waals surface area contributed by atoms with Crippen molar-refractivity contribution in [3.05, 3.63) is 71.2 Å². The Kier molecular flexibility index (Phi) is 6.51. The first kappa shape index (κ1) is 22.0. The maximum atomic E-state index is 12.0. The first-order chi connectivity index (χ1) is 15.5. The minimum absolute atomic E-state index is 0.358. The zero-order valence-corrected chi connectivity index (χ0v) is 19.3. The lowest BCUT2D eigenvalue weighted by Gasteiger charge is -2.13. The Morgan fingerprint density at radius 2 is 1.81 bits per heavy atom. The van der Waals surface area contributed by atoms with Crippen molar-refractivity contribution in [1.82, 2.24) is 19.4 Å². The van der Waals surface area contributed by atoms with Gasteiger partial charge in [0.2, 0.25) is 0 Å². The number of hydrogen-bond donors (Lipinski definition) is 0. The molecule has 166 valence electrons. The molecule has 4 aromatic rings. The molecular weight excluding hydrogens is 400 g/mol. The number of esters is 1. The van der Waals surface area contributed by atoms with E-state index in [-0.39, 0.29) is 5.97 Å². The summed E-state index contributed by atoms with van der Waals surface area (Å²) in [5.74, 6) is 0.717. The summed E-state index contributed by atoms with van der Waals surface area (Å²) in [6, 6.07) is 14.3. The van der Waals surface area contributed by atoms with E-state index in [1.807, 2.05) is 12.3 Å². The molecule has 6 nitrogen and oxygen atoms in total. The molecule has 2 aromatic heterocycles. The van der Waals surface area contributed by atoms with Crippen LogP contribution in [0.2, 0.25) is 0 Å². The lowest BCUT2D eigenvalue weighted by atomic mass is 10.1. The summed E-state index contributed by atoms with van der Waals surface area (Å²) < 4.78 is 7.18. The molecular formula is C26H30N4O2. The molecule has 0 fully saturated rings. The van der Waals surface area contributed by atoms with Crippen LogP contribution in [0.15, 0.2) is 48.7 Å². The molecule has 0 bridgehead atoms. The summed E-state index contributed by atoms with van der Waals surface area (Å²) in [4.78, 5) is 23.7. The number of unbranched alkanes of at least 4 members (excludes halogenated alkanes) is 1. The van der Waals surface area contributed by atoms with Crippen LogP contribution in [0.1, 0.15) is 47.1 Å². The summed E-state index contributed by atoms with van der Waals surface area (Å²) >= 11 is 0. The maximum absolute atomic E-state index is 12.0. The molecule has 0 aliphatic carbocycles. The number of imidazole rings is 1. The maximum Gasteiger partial charge on any atom is 0.337 e. The van der Waals surface area contributed by atoms with Crippen LogP contribution in [0.5, 0.6) is 0 Å². The van der Waals surface area contributed by atoms with Crippen molar-refractivity contribution in [3.63, 3.8) is 0 Å². The first-order valence-electron chi connectivity index (χ1n) is 11.1. The van der Waals surface area contributed by atoms with Gasteiger partial charge in [0, 0.05) is 24.9 Å². The number of hydrogen-bond acceptors (Lipinski definition) is 5. The zero-order chi connectivity index (χ0) is 22.7. The van der Waals surface area contributed by atoms with E-state index in [2.05, 4.69) is 59.7 Å². The van der Waals surface area contributed by atoms with Gasteiger partial charge in [-0.3, -0.25) is 4.98 Å². The highest BCUT2D eigenvalue weighted by molar-refractivity contribution is 6.04. The number of aromatic nitrogens is 3. The summed E-state index contributed by atoms with van der Waals surface area (Å²) in [7, 11) is 5.55. The van der Waals surface area contributed by atoms with Gasteiger partial charge in [0.25, 0.3) is 0 Å². The van der Waals surface area contributed by atoms with Crippen LogP contribution >= 0.6 is 0 Å². The summed E-state index contributed by atoms with van der Waals surface area (Å²) in [5, 5.41) is 0.995. The lowest BCUT2D eigenvalue weighted by molar-refractivity contribution is 0.0601. The predicted molar refractivity (Wildman–Crippen MR) is 128 cm³/mol. The van der Waals surface area contributed by atoms with Gasteiger partial charge in [-0.15, -0.1) is 0 Å². The molecule has 32 heavy (non-hydrogen) atoms. The van der Waals surface area contributed by atoms with Crippen LogP contribution < -0.4 is 0 Å². The number of methoxy groups -OCH3 is 1. The molecule has 6 heteroatoms. The van der Waals surface area contributed by atoms with Crippen molar-refractivity contribution in [3.8, 4) is 0 Å². The Labute approximate surface area is 188 Å². The van der Waals surface area contributed by atoms with Crippen molar-refractivity contribution in [1.29, 1.82) is 0 Å². The van der Waals surface area contributed by atoms with Gasteiger partial charge in [0.05, 0.1) is 29.9 Å². The highest BCUT2D eigenvalue weighted by atomic mass is 16.5. The Morgan fingerprint density at radius 1 is 1.06 bits per heavy atom.